The molecule has 1 rings (SSSR count). The summed E-state index contributed by atoms with van der Waals surface area (Å²) in [5.41, 5.74) is 5.95. The van der Waals surface area contributed by atoms with Gasteiger partial charge < -0.3 is 15.5 Å². The number of amides is 1. The standard InChI is InChI=1S/C14H29N3O/c1-4-17(10-6-9-16(2)3)13(18)11-14(12-15)7-5-8-14/h4-12,15H2,1-3H3. The van der Waals surface area contributed by atoms with Gasteiger partial charge in [0.2, 0.25) is 5.91 Å². The summed E-state index contributed by atoms with van der Waals surface area (Å²) in [7, 11) is 4.13. The lowest BCUT2D eigenvalue weighted by Gasteiger charge is -2.41. The van der Waals surface area contributed by atoms with Crippen molar-refractivity contribution < 1.29 is 4.79 Å². The van der Waals surface area contributed by atoms with Crippen molar-refractivity contribution in [2.75, 3.05) is 40.3 Å². The SMILES string of the molecule is CCN(CCCN(C)C)C(=O)CC1(CN)CCC1. The van der Waals surface area contributed by atoms with Gasteiger partial charge in [-0.25, -0.2) is 0 Å². The maximum absolute atomic E-state index is 12.3. The lowest BCUT2D eigenvalue weighted by Crippen LogP contribution is -2.43. The van der Waals surface area contributed by atoms with E-state index in [2.05, 4.69) is 25.9 Å². The minimum absolute atomic E-state index is 0.131. The number of hydrogen-bond acceptors (Lipinski definition) is 3. The molecular weight excluding hydrogens is 226 g/mol. The molecule has 0 aliphatic heterocycles. The Kier molecular flexibility index (Phi) is 6.09. The van der Waals surface area contributed by atoms with E-state index in [0.29, 0.717) is 18.9 Å². The highest BCUT2D eigenvalue weighted by molar-refractivity contribution is 5.77. The monoisotopic (exact) mass is 255 g/mol. The van der Waals surface area contributed by atoms with Gasteiger partial charge in [0, 0.05) is 19.5 Å². The summed E-state index contributed by atoms with van der Waals surface area (Å²) in [5, 5.41) is 0. The molecule has 1 aliphatic carbocycles. The van der Waals surface area contributed by atoms with Crippen molar-refractivity contribution in [1.82, 2.24) is 9.80 Å². The fourth-order valence-electron chi connectivity index (χ4n) is 2.60. The third-order valence-corrected chi connectivity index (χ3v) is 4.14. The zero-order valence-electron chi connectivity index (χ0n) is 12.2. The summed E-state index contributed by atoms with van der Waals surface area (Å²) >= 11 is 0. The van der Waals surface area contributed by atoms with E-state index in [-0.39, 0.29) is 5.41 Å². The van der Waals surface area contributed by atoms with Crippen molar-refractivity contribution in [2.24, 2.45) is 11.1 Å². The van der Waals surface area contributed by atoms with Crippen LogP contribution in [0.2, 0.25) is 0 Å². The molecule has 2 N–H and O–H groups in total. The van der Waals surface area contributed by atoms with Crippen LogP contribution in [-0.4, -0.2) is 56.0 Å². The van der Waals surface area contributed by atoms with Gasteiger partial charge in [0.15, 0.2) is 0 Å². The van der Waals surface area contributed by atoms with Gasteiger partial charge in [0.1, 0.15) is 0 Å². The van der Waals surface area contributed by atoms with Crippen LogP contribution in [0.3, 0.4) is 0 Å². The van der Waals surface area contributed by atoms with Crippen molar-refractivity contribution in [3.8, 4) is 0 Å². The van der Waals surface area contributed by atoms with E-state index in [9.17, 15) is 4.79 Å². The van der Waals surface area contributed by atoms with Crippen LogP contribution in [0, 0.1) is 5.41 Å². The van der Waals surface area contributed by atoms with Gasteiger partial charge >= 0.3 is 0 Å². The molecule has 4 heteroatoms. The van der Waals surface area contributed by atoms with Crippen LogP contribution in [0.1, 0.15) is 39.0 Å². The highest BCUT2D eigenvalue weighted by Crippen LogP contribution is 2.43. The van der Waals surface area contributed by atoms with Crippen molar-refractivity contribution in [1.29, 1.82) is 0 Å². The van der Waals surface area contributed by atoms with Crippen LogP contribution in [0.25, 0.3) is 0 Å². The molecule has 0 radical (unpaired) electrons. The fraction of sp³-hybridized carbons (Fsp3) is 0.929. The molecule has 1 saturated carbocycles. The second-order valence-corrected chi connectivity index (χ2v) is 5.86. The summed E-state index contributed by atoms with van der Waals surface area (Å²) in [4.78, 5) is 16.4. The van der Waals surface area contributed by atoms with Crippen LogP contribution in [-0.2, 0) is 4.79 Å². The average molecular weight is 255 g/mol. The van der Waals surface area contributed by atoms with Crippen LogP contribution >= 0.6 is 0 Å². The second kappa shape index (κ2) is 7.10. The van der Waals surface area contributed by atoms with E-state index in [4.69, 9.17) is 5.73 Å². The molecule has 0 bridgehead atoms. The van der Waals surface area contributed by atoms with E-state index in [1.165, 1.54) is 6.42 Å². The van der Waals surface area contributed by atoms with Crippen molar-refractivity contribution in [2.45, 2.75) is 39.0 Å². The first kappa shape index (κ1) is 15.4. The predicted octanol–water partition coefficient (Wildman–Crippen LogP) is 1.31. The second-order valence-electron chi connectivity index (χ2n) is 5.86. The Morgan fingerprint density at radius 3 is 2.33 bits per heavy atom. The van der Waals surface area contributed by atoms with Crippen LogP contribution in [0.4, 0.5) is 0 Å². The lowest BCUT2D eigenvalue weighted by molar-refractivity contribution is -0.135. The quantitative estimate of drug-likeness (QED) is 0.711. The average Bonchev–Trinajstić information content (AvgIpc) is 2.28. The van der Waals surface area contributed by atoms with E-state index in [0.717, 1.165) is 38.9 Å². The normalized spacial score (nSPS) is 17.6. The third-order valence-electron chi connectivity index (χ3n) is 4.14. The number of carbonyl (C=O) groups excluding carboxylic acids is 1. The van der Waals surface area contributed by atoms with Gasteiger partial charge in [-0.2, -0.15) is 0 Å². The topological polar surface area (TPSA) is 49.6 Å². The first-order valence-electron chi connectivity index (χ1n) is 7.15. The molecule has 4 nitrogen and oxygen atoms in total. The number of rotatable bonds is 8. The molecule has 0 aromatic heterocycles. The summed E-state index contributed by atoms with van der Waals surface area (Å²) in [5.74, 6) is 0.293. The predicted molar refractivity (Wildman–Crippen MR) is 75.4 cm³/mol. The third kappa shape index (κ3) is 4.25. The zero-order chi connectivity index (χ0) is 13.6. The van der Waals surface area contributed by atoms with E-state index in [1.54, 1.807) is 0 Å². The first-order chi connectivity index (χ1) is 8.53. The Bertz CT molecular complexity index is 256. The molecule has 0 atom stereocenters. The molecule has 1 amide bonds. The molecule has 0 aromatic carbocycles. The van der Waals surface area contributed by atoms with E-state index < -0.39 is 0 Å². The molecule has 1 aliphatic rings. The summed E-state index contributed by atoms with van der Waals surface area (Å²) in [6, 6.07) is 0. The molecule has 1 fully saturated rings. The van der Waals surface area contributed by atoms with Crippen molar-refractivity contribution >= 4 is 5.91 Å². The molecular formula is C14H29N3O. The fourth-order valence-corrected chi connectivity index (χ4v) is 2.60. The highest BCUT2D eigenvalue weighted by atomic mass is 16.2. The van der Waals surface area contributed by atoms with Crippen molar-refractivity contribution in [3.05, 3.63) is 0 Å². The summed E-state index contributed by atoms with van der Waals surface area (Å²) < 4.78 is 0. The molecule has 0 heterocycles. The minimum atomic E-state index is 0.131. The molecule has 0 aromatic rings. The number of nitrogens with two attached hydrogens (primary N) is 1. The number of nitrogens with zero attached hydrogens (tertiary/aromatic N) is 2. The van der Waals surface area contributed by atoms with Crippen LogP contribution in [0.5, 0.6) is 0 Å². The Balaban J connectivity index is 2.36. The Hall–Kier alpha value is -0.610. The van der Waals surface area contributed by atoms with Crippen molar-refractivity contribution in [3.63, 3.8) is 0 Å². The number of carbonyl (C=O) groups is 1. The van der Waals surface area contributed by atoms with Gasteiger partial charge in [0.05, 0.1) is 0 Å². The Morgan fingerprint density at radius 1 is 1.28 bits per heavy atom. The Labute approximate surface area is 111 Å². The molecule has 0 unspecified atom stereocenters. The van der Waals surface area contributed by atoms with Crippen LogP contribution in [0.15, 0.2) is 0 Å². The summed E-state index contributed by atoms with van der Waals surface area (Å²) in [6.45, 7) is 5.43. The van der Waals surface area contributed by atoms with Gasteiger partial charge in [-0.05, 0) is 58.8 Å². The lowest BCUT2D eigenvalue weighted by atomic mass is 9.66. The van der Waals surface area contributed by atoms with Gasteiger partial charge in [-0.15, -0.1) is 0 Å². The Morgan fingerprint density at radius 2 is 1.94 bits per heavy atom. The minimum Gasteiger partial charge on any atom is -0.343 e. The first-order valence-corrected chi connectivity index (χ1v) is 7.15. The molecule has 106 valence electrons. The van der Waals surface area contributed by atoms with Gasteiger partial charge in [-0.1, -0.05) is 6.42 Å². The van der Waals surface area contributed by atoms with Crippen LogP contribution < -0.4 is 5.73 Å². The smallest absolute Gasteiger partial charge is 0.223 e. The highest BCUT2D eigenvalue weighted by Gasteiger charge is 2.38. The molecule has 0 spiro atoms. The van der Waals surface area contributed by atoms with E-state index in [1.807, 2.05) is 4.90 Å². The van der Waals surface area contributed by atoms with Gasteiger partial charge in [-0.3, -0.25) is 4.79 Å². The maximum atomic E-state index is 12.3. The maximum Gasteiger partial charge on any atom is 0.223 e. The van der Waals surface area contributed by atoms with Gasteiger partial charge in [0.25, 0.3) is 0 Å². The zero-order valence-corrected chi connectivity index (χ0v) is 12.2. The summed E-state index contributed by atoms with van der Waals surface area (Å²) in [6.07, 6.45) is 5.19. The number of hydrogen-bond donors (Lipinski definition) is 1. The molecule has 0 saturated heterocycles. The largest absolute Gasteiger partial charge is 0.343 e. The van der Waals surface area contributed by atoms with E-state index >= 15 is 0 Å². The molecule has 18 heavy (non-hydrogen) atoms.